The van der Waals surface area contributed by atoms with Crippen molar-refractivity contribution in [3.8, 4) is 0 Å². The monoisotopic (exact) mass is 267 g/mol. The molecule has 1 atom stereocenters. The molecule has 80 valence electrons. The third-order valence-corrected chi connectivity index (χ3v) is 3.71. The summed E-state index contributed by atoms with van der Waals surface area (Å²) in [6.07, 6.45) is 0. The van der Waals surface area contributed by atoms with Gasteiger partial charge < -0.3 is 4.90 Å². The lowest BCUT2D eigenvalue weighted by Gasteiger charge is -2.33. The van der Waals surface area contributed by atoms with Crippen molar-refractivity contribution < 1.29 is 4.79 Å². The number of alkyl halides is 1. The minimum Gasteiger partial charge on any atom is -0.338 e. The molecule has 2 rings (SSSR count). The van der Waals surface area contributed by atoms with Crippen LogP contribution in [0.2, 0.25) is 0 Å². The molecular formula is C12H14BrNO. The van der Waals surface area contributed by atoms with E-state index in [2.05, 4.69) is 34.1 Å². The first-order chi connectivity index (χ1) is 7.22. The number of benzene rings is 1. The van der Waals surface area contributed by atoms with Crippen LogP contribution in [0.1, 0.15) is 24.0 Å². The van der Waals surface area contributed by atoms with Crippen LogP contribution in [0.4, 0.5) is 0 Å². The Morgan fingerprint density at radius 2 is 2.27 bits per heavy atom. The third-order valence-electron chi connectivity index (χ3n) is 2.93. The van der Waals surface area contributed by atoms with Crippen LogP contribution < -0.4 is 0 Å². The van der Waals surface area contributed by atoms with Crippen LogP contribution in [0.25, 0.3) is 0 Å². The summed E-state index contributed by atoms with van der Waals surface area (Å²) in [5, 5.41) is 0.911. The topological polar surface area (TPSA) is 20.3 Å². The second-order valence-electron chi connectivity index (χ2n) is 3.95. The van der Waals surface area contributed by atoms with E-state index in [-0.39, 0.29) is 5.91 Å². The number of amides is 1. The van der Waals surface area contributed by atoms with Crippen LogP contribution in [-0.4, -0.2) is 22.7 Å². The maximum absolute atomic E-state index is 11.4. The van der Waals surface area contributed by atoms with Crippen molar-refractivity contribution in [1.82, 2.24) is 4.90 Å². The summed E-state index contributed by atoms with van der Waals surface area (Å²) in [6.45, 7) is 3.23. The number of fused-ring (bicyclic) bond motifs is 1. The standard InChI is InChI=1S/C12H14BrNO/c1-9(15)14-7-10-4-2-3-5-12(10)11(6-13)8-14/h2-5,11H,6-8H2,1H3. The van der Waals surface area contributed by atoms with Gasteiger partial charge in [-0.15, -0.1) is 0 Å². The van der Waals surface area contributed by atoms with Gasteiger partial charge in [0, 0.05) is 31.3 Å². The molecule has 15 heavy (non-hydrogen) atoms. The van der Waals surface area contributed by atoms with Crippen molar-refractivity contribution in [2.45, 2.75) is 19.4 Å². The third kappa shape index (κ3) is 2.07. The summed E-state index contributed by atoms with van der Waals surface area (Å²) >= 11 is 3.52. The van der Waals surface area contributed by atoms with E-state index >= 15 is 0 Å². The van der Waals surface area contributed by atoms with Gasteiger partial charge in [-0.1, -0.05) is 40.2 Å². The minimum atomic E-state index is 0.162. The number of hydrogen-bond donors (Lipinski definition) is 0. The Bertz CT molecular complexity index is 378. The molecule has 1 aromatic carbocycles. The van der Waals surface area contributed by atoms with Crippen LogP contribution in [0.15, 0.2) is 24.3 Å². The molecule has 0 saturated carbocycles. The van der Waals surface area contributed by atoms with Crippen molar-refractivity contribution in [3.05, 3.63) is 35.4 Å². The Kier molecular flexibility index (Phi) is 3.10. The average Bonchev–Trinajstić information content (AvgIpc) is 2.27. The first kappa shape index (κ1) is 10.7. The van der Waals surface area contributed by atoms with Gasteiger partial charge in [0.05, 0.1) is 0 Å². The van der Waals surface area contributed by atoms with Gasteiger partial charge >= 0.3 is 0 Å². The molecule has 0 saturated heterocycles. The van der Waals surface area contributed by atoms with Crippen LogP contribution in [0, 0.1) is 0 Å². The van der Waals surface area contributed by atoms with E-state index in [4.69, 9.17) is 0 Å². The van der Waals surface area contributed by atoms with Crippen LogP contribution in [0.5, 0.6) is 0 Å². The van der Waals surface area contributed by atoms with E-state index < -0.39 is 0 Å². The lowest BCUT2D eigenvalue weighted by molar-refractivity contribution is -0.130. The first-order valence-corrected chi connectivity index (χ1v) is 6.23. The SMILES string of the molecule is CC(=O)N1Cc2ccccc2C(CBr)C1. The molecule has 2 nitrogen and oxygen atoms in total. The predicted octanol–water partition coefficient (Wildman–Crippen LogP) is 2.53. The van der Waals surface area contributed by atoms with Crippen molar-refractivity contribution in [1.29, 1.82) is 0 Å². The van der Waals surface area contributed by atoms with Gasteiger partial charge in [0.2, 0.25) is 5.91 Å². The fourth-order valence-corrected chi connectivity index (χ4v) is 2.64. The summed E-state index contributed by atoms with van der Waals surface area (Å²) in [6, 6.07) is 8.38. The zero-order valence-electron chi connectivity index (χ0n) is 8.74. The van der Waals surface area contributed by atoms with E-state index in [0.717, 1.165) is 18.4 Å². The molecule has 0 radical (unpaired) electrons. The molecule has 0 aliphatic carbocycles. The highest BCUT2D eigenvalue weighted by molar-refractivity contribution is 9.09. The highest BCUT2D eigenvalue weighted by atomic mass is 79.9. The minimum absolute atomic E-state index is 0.162. The fraction of sp³-hybridized carbons (Fsp3) is 0.417. The Hall–Kier alpha value is -0.830. The lowest BCUT2D eigenvalue weighted by Crippen LogP contribution is -2.37. The average molecular weight is 268 g/mol. The largest absolute Gasteiger partial charge is 0.338 e. The molecule has 1 unspecified atom stereocenters. The van der Waals surface area contributed by atoms with E-state index in [0.29, 0.717) is 5.92 Å². The zero-order chi connectivity index (χ0) is 10.8. The molecule has 0 spiro atoms. The van der Waals surface area contributed by atoms with E-state index in [1.165, 1.54) is 11.1 Å². The Balaban J connectivity index is 2.34. The molecule has 3 heteroatoms. The number of carbonyl (C=O) groups is 1. The summed E-state index contributed by atoms with van der Waals surface area (Å²) in [7, 11) is 0. The molecule has 0 N–H and O–H groups in total. The molecule has 0 aromatic heterocycles. The van der Waals surface area contributed by atoms with Crippen LogP contribution in [-0.2, 0) is 11.3 Å². The molecule has 1 aliphatic rings. The van der Waals surface area contributed by atoms with Crippen molar-refractivity contribution >= 4 is 21.8 Å². The van der Waals surface area contributed by atoms with Gasteiger partial charge in [-0.3, -0.25) is 4.79 Å². The number of carbonyl (C=O) groups excluding carboxylic acids is 1. The van der Waals surface area contributed by atoms with Crippen molar-refractivity contribution in [2.75, 3.05) is 11.9 Å². The zero-order valence-corrected chi connectivity index (χ0v) is 10.3. The highest BCUT2D eigenvalue weighted by Gasteiger charge is 2.25. The van der Waals surface area contributed by atoms with E-state index in [9.17, 15) is 4.79 Å². The van der Waals surface area contributed by atoms with Crippen molar-refractivity contribution in [2.24, 2.45) is 0 Å². The molecule has 1 aromatic rings. The Morgan fingerprint density at radius 1 is 1.53 bits per heavy atom. The molecule has 1 aliphatic heterocycles. The van der Waals surface area contributed by atoms with Gasteiger partial charge in [0.15, 0.2) is 0 Å². The number of rotatable bonds is 1. The second kappa shape index (κ2) is 4.35. The van der Waals surface area contributed by atoms with Gasteiger partial charge in [0.25, 0.3) is 0 Å². The van der Waals surface area contributed by atoms with Crippen molar-refractivity contribution in [3.63, 3.8) is 0 Å². The van der Waals surface area contributed by atoms with Gasteiger partial charge in [-0.25, -0.2) is 0 Å². The lowest BCUT2D eigenvalue weighted by atomic mass is 9.91. The number of hydrogen-bond acceptors (Lipinski definition) is 1. The molecular weight excluding hydrogens is 254 g/mol. The normalized spacial score (nSPS) is 19.9. The summed E-state index contributed by atoms with van der Waals surface area (Å²) < 4.78 is 0. The Morgan fingerprint density at radius 3 is 2.93 bits per heavy atom. The molecule has 1 amide bonds. The summed E-state index contributed by atoms with van der Waals surface area (Å²) in [4.78, 5) is 13.3. The number of nitrogens with zero attached hydrogens (tertiary/aromatic N) is 1. The smallest absolute Gasteiger partial charge is 0.219 e. The first-order valence-electron chi connectivity index (χ1n) is 5.11. The van der Waals surface area contributed by atoms with Crippen LogP contribution >= 0.6 is 15.9 Å². The van der Waals surface area contributed by atoms with E-state index in [1.807, 2.05) is 11.0 Å². The maximum atomic E-state index is 11.4. The highest BCUT2D eigenvalue weighted by Crippen LogP contribution is 2.29. The number of halogens is 1. The quantitative estimate of drug-likeness (QED) is 0.717. The van der Waals surface area contributed by atoms with Gasteiger partial charge in [-0.2, -0.15) is 0 Å². The predicted molar refractivity (Wildman–Crippen MR) is 64.1 cm³/mol. The molecule has 0 fully saturated rings. The van der Waals surface area contributed by atoms with Gasteiger partial charge in [-0.05, 0) is 11.1 Å². The summed E-state index contributed by atoms with van der Waals surface area (Å²) in [5.74, 6) is 0.592. The fourth-order valence-electron chi connectivity index (χ4n) is 2.08. The Labute approximate surface area is 98.4 Å². The second-order valence-corrected chi connectivity index (χ2v) is 4.60. The van der Waals surface area contributed by atoms with Gasteiger partial charge in [0.1, 0.15) is 0 Å². The molecule has 0 bridgehead atoms. The van der Waals surface area contributed by atoms with Crippen LogP contribution in [0.3, 0.4) is 0 Å². The van der Waals surface area contributed by atoms with E-state index in [1.54, 1.807) is 6.92 Å². The molecule has 1 heterocycles. The maximum Gasteiger partial charge on any atom is 0.219 e. The summed E-state index contributed by atoms with van der Waals surface area (Å²) in [5.41, 5.74) is 2.66.